The molecule has 0 atom stereocenters. The van der Waals surface area contributed by atoms with Gasteiger partial charge in [0, 0.05) is 22.3 Å². The molecular formula is C12H12BrNO. The molecule has 0 saturated carbocycles. The molecule has 0 bridgehead atoms. The van der Waals surface area contributed by atoms with Crippen LogP contribution in [0.15, 0.2) is 34.8 Å². The molecule has 0 aromatic heterocycles. The maximum Gasteiger partial charge on any atom is 0.253 e. The van der Waals surface area contributed by atoms with Gasteiger partial charge in [0.05, 0.1) is 0 Å². The largest absolute Gasteiger partial charge is 0.308 e. The van der Waals surface area contributed by atoms with Crippen LogP contribution in [0, 0.1) is 0 Å². The predicted molar refractivity (Wildman–Crippen MR) is 65.0 cm³/mol. The van der Waals surface area contributed by atoms with Gasteiger partial charge in [-0.05, 0) is 37.1 Å². The van der Waals surface area contributed by atoms with E-state index in [0.717, 1.165) is 23.1 Å². The SMILES string of the molecule is C=C(C)C(=O)N1CCc2cc(Br)ccc21. The summed E-state index contributed by atoms with van der Waals surface area (Å²) in [5.74, 6) is 0.0241. The third-order valence-corrected chi connectivity index (χ3v) is 3.04. The standard InChI is InChI=1S/C12H12BrNO/c1-8(2)12(15)14-6-5-9-7-10(13)3-4-11(9)14/h3-4,7H,1,5-6H2,2H3. The molecule has 2 nitrogen and oxygen atoms in total. The number of nitrogens with zero attached hydrogens (tertiary/aromatic N) is 1. The summed E-state index contributed by atoms with van der Waals surface area (Å²) in [5.41, 5.74) is 2.83. The highest BCUT2D eigenvalue weighted by Crippen LogP contribution is 2.31. The van der Waals surface area contributed by atoms with Crippen molar-refractivity contribution in [1.29, 1.82) is 0 Å². The topological polar surface area (TPSA) is 20.3 Å². The zero-order valence-electron chi connectivity index (χ0n) is 8.59. The Labute approximate surface area is 97.7 Å². The van der Waals surface area contributed by atoms with E-state index in [2.05, 4.69) is 28.6 Å². The van der Waals surface area contributed by atoms with E-state index in [1.165, 1.54) is 5.56 Å². The lowest BCUT2D eigenvalue weighted by molar-refractivity contribution is -0.115. The van der Waals surface area contributed by atoms with Crippen molar-refractivity contribution in [3.63, 3.8) is 0 Å². The summed E-state index contributed by atoms with van der Waals surface area (Å²) >= 11 is 3.43. The first-order chi connectivity index (χ1) is 7.09. The third kappa shape index (κ3) is 1.84. The molecule has 1 amide bonds. The zero-order valence-corrected chi connectivity index (χ0v) is 10.2. The van der Waals surface area contributed by atoms with Gasteiger partial charge in [0.1, 0.15) is 0 Å². The molecular weight excluding hydrogens is 254 g/mol. The molecule has 1 aliphatic rings. The number of anilines is 1. The molecule has 0 saturated heterocycles. The highest BCUT2D eigenvalue weighted by Gasteiger charge is 2.24. The molecule has 2 rings (SSSR count). The fourth-order valence-corrected chi connectivity index (χ4v) is 2.22. The Balaban J connectivity index is 2.37. The van der Waals surface area contributed by atoms with Crippen LogP contribution in [-0.4, -0.2) is 12.5 Å². The van der Waals surface area contributed by atoms with Crippen LogP contribution in [0.5, 0.6) is 0 Å². The lowest BCUT2D eigenvalue weighted by Gasteiger charge is -2.17. The first-order valence-corrected chi connectivity index (χ1v) is 5.64. The Bertz CT molecular complexity index is 439. The van der Waals surface area contributed by atoms with Gasteiger partial charge < -0.3 is 4.90 Å². The molecule has 0 N–H and O–H groups in total. The maximum absolute atomic E-state index is 11.8. The highest BCUT2D eigenvalue weighted by molar-refractivity contribution is 9.10. The van der Waals surface area contributed by atoms with Crippen LogP contribution >= 0.6 is 15.9 Å². The number of carbonyl (C=O) groups excluding carboxylic acids is 1. The van der Waals surface area contributed by atoms with Gasteiger partial charge in [-0.15, -0.1) is 0 Å². The van der Waals surface area contributed by atoms with E-state index in [1.54, 1.807) is 11.8 Å². The zero-order chi connectivity index (χ0) is 11.0. The summed E-state index contributed by atoms with van der Waals surface area (Å²) in [6.07, 6.45) is 0.924. The van der Waals surface area contributed by atoms with E-state index >= 15 is 0 Å². The van der Waals surface area contributed by atoms with Gasteiger partial charge in [-0.2, -0.15) is 0 Å². The Kier molecular flexibility index (Phi) is 2.65. The predicted octanol–water partition coefficient (Wildman–Crippen LogP) is 2.91. The number of fused-ring (bicyclic) bond motifs is 1. The molecule has 15 heavy (non-hydrogen) atoms. The Morgan fingerprint density at radius 1 is 1.53 bits per heavy atom. The Morgan fingerprint density at radius 2 is 2.27 bits per heavy atom. The minimum atomic E-state index is 0.0241. The van der Waals surface area contributed by atoms with E-state index in [1.807, 2.05) is 12.1 Å². The molecule has 1 aromatic rings. The van der Waals surface area contributed by atoms with E-state index in [4.69, 9.17) is 0 Å². The first-order valence-electron chi connectivity index (χ1n) is 4.85. The van der Waals surface area contributed by atoms with Crippen LogP contribution in [0.3, 0.4) is 0 Å². The second-order valence-corrected chi connectivity index (χ2v) is 4.68. The summed E-state index contributed by atoms with van der Waals surface area (Å²) < 4.78 is 1.06. The van der Waals surface area contributed by atoms with Crippen molar-refractivity contribution in [2.45, 2.75) is 13.3 Å². The fourth-order valence-electron chi connectivity index (χ4n) is 1.81. The third-order valence-electron chi connectivity index (χ3n) is 2.55. The molecule has 0 unspecified atom stereocenters. The van der Waals surface area contributed by atoms with Crippen molar-refractivity contribution < 1.29 is 4.79 Å². The molecule has 1 heterocycles. The van der Waals surface area contributed by atoms with Crippen LogP contribution in [0.1, 0.15) is 12.5 Å². The van der Waals surface area contributed by atoms with Crippen molar-refractivity contribution >= 4 is 27.5 Å². The molecule has 0 aliphatic carbocycles. The van der Waals surface area contributed by atoms with Gasteiger partial charge in [-0.25, -0.2) is 0 Å². The lowest BCUT2D eigenvalue weighted by Crippen LogP contribution is -2.29. The van der Waals surface area contributed by atoms with Crippen LogP contribution in [0.25, 0.3) is 0 Å². The molecule has 1 aromatic carbocycles. The van der Waals surface area contributed by atoms with Crippen LogP contribution in [0.2, 0.25) is 0 Å². The molecule has 0 spiro atoms. The van der Waals surface area contributed by atoms with Crippen LogP contribution in [0.4, 0.5) is 5.69 Å². The summed E-state index contributed by atoms with van der Waals surface area (Å²) in [6.45, 7) is 6.20. The van der Waals surface area contributed by atoms with Crippen molar-refractivity contribution in [1.82, 2.24) is 0 Å². The first kappa shape index (κ1) is 10.4. The Hall–Kier alpha value is -1.09. The molecule has 3 heteroatoms. The highest BCUT2D eigenvalue weighted by atomic mass is 79.9. The minimum absolute atomic E-state index is 0.0241. The van der Waals surface area contributed by atoms with Gasteiger partial charge in [0.2, 0.25) is 0 Å². The normalized spacial score (nSPS) is 13.9. The van der Waals surface area contributed by atoms with Crippen molar-refractivity contribution in [2.24, 2.45) is 0 Å². The van der Waals surface area contributed by atoms with Crippen LogP contribution < -0.4 is 4.90 Å². The second-order valence-electron chi connectivity index (χ2n) is 3.76. The fraction of sp³-hybridized carbons (Fsp3) is 0.250. The maximum atomic E-state index is 11.8. The summed E-state index contributed by atoms with van der Waals surface area (Å²) in [5, 5.41) is 0. The number of benzene rings is 1. The quantitative estimate of drug-likeness (QED) is 0.716. The average Bonchev–Trinajstić information content (AvgIpc) is 2.59. The van der Waals surface area contributed by atoms with E-state index in [0.29, 0.717) is 5.57 Å². The second kappa shape index (κ2) is 3.81. The summed E-state index contributed by atoms with van der Waals surface area (Å²) in [6, 6.07) is 6.01. The molecule has 1 aliphatic heterocycles. The molecule has 0 radical (unpaired) electrons. The van der Waals surface area contributed by atoms with Gasteiger partial charge in [-0.1, -0.05) is 22.5 Å². The van der Waals surface area contributed by atoms with E-state index < -0.39 is 0 Å². The van der Waals surface area contributed by atoms with Gasteiger partial charge in [-0.3, -0.25) is 4.79 Å². The number of halogens is 1. The number of rotatable bonds is 1. The lowest BCUT2D eigenvalue weighted by atomic mass is 10.2. The number of hydrogen-bond donors (Lipinski definition) is 0. The summed E-state index contributed by atoms with van der Waals surface area (Å²) in [4.78, 5) is 13.6. The molecule has 78 valence electrons. The average molecular weight is 266 g/mol. The monoisotopic (exact) mass is 265 g/mol. The van der Waals surface area contributed by atoms with Gasteiger partial charge in [0.25, 0.3) is 5.91 Å². The number of hydrogen-bond acceptors (Lipinski definition) is 1. The minimum Gasteiger partial charge on any atom is -0.308 e. The number of amides is 1. The van der Waals surface area contributed by atoms with Gasteiger partial charge in [0.15, 0.2) is 0 Å². The van der Waals surface area contributed by atoms with Crippen LogP contribution in [-0.2, 0) is 11.2 Å². The van der Waals surface area contributed by atoms with Gasteiger partial charge >= 0.3 is 0 Å². The van der Waals surface area contributed by atoms with Crippen molar-refractivity contribution in [2.75, 3.05) is 11.4 Å². The van der Waals surface area contributed by atoms with Crippen molar-refractivity contribution in [3.8, 4) is 0 Å². The van der Waals surface area contributed by atoms with Crippen molar-refractivity contribution in [3.05, 3.63) is 40.4 Å². The van der Waals surface area contributed by atoms with E-state index in [9.17, 15) is 4.79 Å². The molecule has 0 fully saturated rings. The number of carbonyl (C=O) groups is 1. The van der Waals surface area contributed by atoms with E-state index in [-0.39, 0.29) is 5.91 Å². The Morgan fingerprint density at radius 3 is 2.93 bits per heavy atom. The summed E-state index contributed by atoms with van der Waals surface area (Å²) in [7, 11) is 0. The smallest absolute Gasteiger partial charge is 0.253 e.